The van der Waals surface area contributed by atoms with Crippen LogP contribution in [0.15, 0.2) is 18.5 Å². The minimum absolute atomic E-state index is 0.341. The average molecular weight is 264 g/mol. The fourth-order valence-corrected chi connectivity index (χ4v) is 2.14. The van der Waals surface area contributed by atoms with Gasteiger partial charge in [-0.3, -0.25) is 4.98 Å². The molecule has 3 heteroatoms. The van der Waals surface area contributed by atoms with Crippen LogP contribution in [0.3, 0.4) is 0 Å². The van der Waals surface area contributed by atoms with E-state index in [1.165, 1.54) is 5.56 Å². The SMILES string of the molecule is CCCNC(c1cncc(OCC)c1)C(C)C(C)C. The van der Waals surface area contributed by atoms with Crippen LogP contribution in [0, 0.1) is 11.8 Å². The van der Waals surface area contributed by atoms with E-state index in [1.54, 1.807) is 6.20 Å². The monoisotopic (exact) mass is 264 g/mol. The van der Waals surface area contributed by atoms with Gasteiger partial charge in [0.2, 0.25) is 0 Å². The maximum absolute atomic E-state index is 5.55. The van der Waals surface area contributed by atoms with Gasteiger partial charge in [0.15, 0.2) is 0 Å². The van der Waals surface area contributed by atoms with Gasteiger partial charge in [-0.1, -0.05) is 27.7 Å². The van der Waals surface area contributed by atoms with Crippen LogP contribution >= 0.6 is 0 Å². The van der Waals surface area contributed by atoms with Crippen molar-refractivity contribution in [1.82, 2.24) is 10.3 Å². The Morgan fingerprint density at radius 2 is 1.95 bits per heavy atom. The number of hydrogen-bond acceptors (Lipinski definition) is 3. The molecule has 0 aliphatic carbocycles. The van der Waals surface area contributed by atoms with E-state index in [4.69, 9.17) is 4.74 Å². The van der Waals surface area contributed by atoms with E-state index < -0.39 is 0 Å². The second-order valence-electron chi connectivity index (χ2n) is 5.42. The second-order valence-corrected chi connectivity index (χ2v) is 5.42. The molecule has 1 heterocycles. The zero-order chi connectivity index (χ0) is 14.3. The summed E-state index contributed by atoms with van der Waals surface area (Å²) >= 11 is 0. The van der Waals surface area contributed by atoms with Gasteiger partial charge in [-0.2, -0.15) is 0 Å². The van der Waals surface area contributed by atoms with Gasteiger partial charge in [0.1, 0.15) is 5.75 Å². The molecule has 0 fully saturated rings. The van der Waals surface area contributed by atoms with Crippen molar-refractivity contribution in [3.05, 3.63) is 24.0 Å². The first kappa shape index (κ1) is 16.0. The summed E-state index contributed by atoms with van der Waals surface area (Å²) in [7, 11) is 0. The van der Waals surface area contributed by atoms with Gasteiger partial charge < -0.3 is 10.1 Å². The Morgan fingerprint density at radius 1 is 1.21 bits per heavy atom. The van der Waals surface area contributed by atoms with Crippen LogP contribution in [0.25, 0.3) is 0 Å². The van der Waals surface area contributed by atoms with E-state index >= 15 is 0 Å². The van der Waals surface area contributed by atoms with Crippen LogP contribution in [-0.4, -0.2) is 18.1 Å². The van der Waals surface area contributed by atoms with Gasteiger partial charge in [0.05, 0.1) is 12.8 Å². The lowest BCUT2D eigenvalue weighted by Crippen LogP contribution is -2.30. The fraction of sp³-hybridized carbons (Fsp3) is 0.688. The van der Waals surface area contributed by atoms with Crippen molar-refractivity contribution < 1.29 is 4.74 Å². The first-order valence-corrected chi connectivity index (χ1v) is 7.41. The maximum atomic E-state index is 5.55. The highest BCUT2D eigenvalue weighted by molar-refractivity contribution is 5.26. The summed E-state index contributed by atoms with van der Waals surface area (Å²) in [5.41, 5.74) is 1.22. The Kier molecular flexibility index (Phi) is 6.85. The number of hydrogen-bond donors (Lipinski definition) is 1. The summed E-state index contributed by atoms with van der Waals surface area (Å²) in [5.74, 6) is 2.05. The molecule has 2 atom stereocenters. The molecular formula is C16H28N2O. The third-order valence-electron chi connectivity index (χ3n) is 3.60. The fourth-order valence-electron chi connectivity index (χ4n) is 2.14. The minimum Gasteiger partial charge on any atom is -0.492 e. The van der Waals surface area contributed by atoms with Crippen molar-refractivity contribution in [2.75, 3.05) is 13.2 Å². The molecule has 1 rings (SSSR count). The molecule has 0 bridgehead atoms. The van der Waals surface area contributed by atoms with Crippen molar-refractivity contribution in [2.45, 2.75) is 47.1 Å². The van der Waals surface area contributed by atoms with Gasteiger partial charge in [-0.25, -0.2) is 0 Å². The molecule has 1 N–H and O–H groups in total. The van der Waals surface area contributed by atoms with Crippen LogP contribution < -0.4 is 10.1 Å². The summed E-state index contributed by atoms with van der Waals surface area (Å²) in [4.78, 5) is 4.31. The lowest BCUT2D eigenvalue weighted by molar-refractivity contribution is 0.300. The number of nitrogens with zero attached hydrogens (tertiary/aromatic N) is 1. The summed E-state index contributed by atoms with van der Waals surface area (Å²) < 4.78 is 5.55. The molecule has 0 radical (unpaired) electrons. The van der Waals surface area contributed by atoms with Crippen molar-refractivity contribution >= 4 is 0 Å². The van der Waals surface area contributed by atoms with Crippen LogP contribution in [0.4, 0.5) is 0 Å². The van der Waals surface area contributed by atoms with Gasteiger partial charge in [-0.15, -0.1) is 0 Å². The van der Waals surface area contributed by atoms with Crippen molar-refractivity contribution in [2.24, 2.45) is 11.8 Å². The normalized spacial score (nSPS) is 14.4. The Labute approximate surface area is 117 Å². The van der Waals surface area contributed by atoms with E-state index in [0.717, 1.165) is 18.7 Å². The zero-order valence-corrected chi connectivity index (χ0v) is 12.9. The van der Waals surface area contributed by atoms with Crippen molar-refractivity contribution in [1.29, 1.82) is 0 Å². The van der Waals surface area contributed by atoms with Crippen LogP contribution in [0.2, 0.25) is 0 Å². The number of ether oxygens (including phenoxy) is 1. The average Bonchev–Trinajstić information content (AvgIpc) is 2.39. The topological polar surface area (TPSA) is 34.2 Å². The molecule has 2 unspecified atom stereocenters. The molecule has 19 heavy (non-hydrogen) atoms. The second kappa shape index (κ2) is 8.16. The quantitative estimate of drug-likeness (QED) is 0.775. The highest BCUT2D eigenvalue weighted by Crippen LogP contribution is 2.29. The van der Waals surface area contributed by atoms with E-state index in [9.17, 15) is 0 Å². The maximum Gasteiger partial charge on any atom is 0.137 e. The van der Waals surface area contributed by atoms with Gasteiger partial charge in [0, 0.05) is 12.2 Å². The van der Waals surface area contributed by atoms with Crippen LogP contribution in [0.1, 0.15) is 52.6 Å². The third-order valence-corrected chi connectivity index (χ3v) is 3.60. The first-order valence-electron chi connectivity index (χ1n) is 7.41. The molecule has 0 amide bonds. The van der Waals surface area contributed by atoms with E-state index in [2.05, 4.69) is 44.1 Å². The minimum atomic E-state index is 0.341. The number of rotatable bonds is 8. The summed E-state index contributed by atoms with van der Waals surface area (Å²) in [6.45, 7) is 12.7. The Bertz CT molecular complexity index is 366. The van der Waals surface area contributed by atoms with Gasteiger partial charge in [-0.05, 0) is 43.4 Å². The molecule has 0 saturated heterocycles. The molecule has 0 aliphatic heterocycles. The van der Waals surface area contributed by atoms with E-state index in [-0.39, 0.29) is 0 Å². The molecule has 1 aromatic rings. The molecule has 0 spiro atoms. The summed E-state index contributed by atoms with van der Waals surface area (Å²) in [5, 5.41) is 3.64. The third kappa shape index (κ3) is 4.83. The summed E-state index contributed by atoms with van der Waals surface area (Å²) in [6, 6.07) is 2.45. The highest BCUT2D eigenvalue weighted by Gasteiger charge is 2.22. The predicted octanol–water partition coefficient (Wildman–Crippen LogP) is 3.81. The van der Waals surface area contributed by atoms with Crippen LogP contribution in [-0.2, 0) is 0 Å². The van der Waals surface area contributed by atoms with Crippen molar-refractivity contribution in [3.8, 4) is 5.75 Å². The van der Waals surface area contributed by atoms with Crippen molar-refractivity contribution in [3.63, 3.8) is 0 Å². The predicted molar refractivity (Wildman–Crippen MR) is 80.4 cm³/mol. The molecule has 0 aliphatic rings. The van der Waals surface area contributed by atoms with Crippen LogP contribution in [0.5, 0.6) is 5.75 Å². The molecule has 1 aromatic heterocycles. The number of nitrogens with one attached hydrogen (secondary N) is 1. The molecular weight excluding hydrogens is 236 g/mol. The van der Waals surface area contributed by atoms with E-state index in [1.807, 2.05) is 13.1 Å². The summed E-state index contributed by atoms with van der Waals surface area (Å²) in [6.07, 6.45) is 4.87. The number of pyridine rings is 1. The molecule has 0 saturated carbocycles. The van der Waals surface area contributed by atoms with Gasteiger partial charge in [0.25, 0.3) is 0 Å². The largest absolute Gasteiger partial charge is 0.492 e. The van der Waals surface area contributed by atoms with E-state index in [0.29, 0.717) is 24.5 Å². The lowest BCUT2D eigenvalue weighted by atomic mass is 9.86. The molecule has 0 aromatic carbocycles. The Hall–Kier alpha value is -1.09. The number of aromatic nitrogens is 1. The Morgan fingerprint density at radius 3 is 2.53 bits per heavy atom. The Balaban J connectivity index is 2.92. The first-order chi connectivity index (χ1) is 9.10. The highest BCUT2D eigenvalue weighted by atomic mass is 16.5. The van der Waals surface area contributed by atoms with Gasteiger partial charge >= 0.3 is 0 Å². The smallest absolute Gasteiger partial charge is 0.137 e. The zero-order valence-electron chi connectivity index (χ0n) is 12.9. The standard InChI is InChI=1S/C16H28N2O/c1-6-8-18-16(13(5)12(3)4)14-9-15(19-7-2)11-17-10-14/h9-13,16,18H,6-8H2,1-5H3. The lowest BCUT2D eigenvalue weighted by Gasteiger charge is -2.28. The molecule has 108 valence electrons. The molecule has 3 nitrogen and oxygen atoms in total.